The lowest BCUT2D eigenvalue weighted by Crippen LogP contribution is -2.52. The van der Waals surface area contributed by atoms with E-state index < -0.39 is 10.0 Å². The molecule has 0 aliphatic carbocycles. The van der Waals surface area contributed by atoms with Gasteiger partial charge in [-0.2, -0.15) is 0 Å². The van der Waals surface area contributed by atoms with E-state index in [1.807, 2.05) is 19.1 Å². The van der Waals surface area contributed by atoms with E-state index in [-0.39, 0.29) is 0 Å². The lowest BCUT2D eigenvalue weighted by molar-refractivity contribution is 0.371. The van der Waals surface area contributed by atoms with E-state index in [1.165, 1.54) is 16.2 Å². The smallest absolute Gasteiger partial charge is 0.211 e. The van der Waals surface area contributed by atoms with Crippen LogP contribution in [0.15, 0.2) is 29.3 Å². The molecule has 2 rings (SSSR count). The molecule has 0 aromatic heterocycles. The maximum atomic E-state index is 11.7. The maximum Gasteiger partial charge on any atom is 0.211 e. The summed E-state index contributed by atoms with van der Waals surface area (Å²) in [5.74, 6) is 1.77. The molecular weight excluding hydrogens is 390 g/mol. The number of rotatable bonds is 9. The third-order valence-corrected chi connectivity index (χ3v) is 6.38. The van der Waals surface area contributed by atoms with Gasteiger partial charge >= 0.3 is 0 Å². The van der Waals surface area contributed by atoms with Crippen molar-refractivity contribution in [3.63, 3.8) is 0 Å². The molecule has 0 saturated carbocycles. The molecule has 0 radical (unpaired) electrons. The molecule has 0 bridgehead atoms. The van der Waals surface area contributed by atoms with Gasteiger partial charge in [0.15, 0.2) is 5.96 Å². The van der Waals surface area contributed by atoms with Gasteiger partial charge in [0.2, 0.25) is 10.0 Å². The summed E-state index contributed by atoms with van der Waals surface area (Å²) in [7, 11) is -1.46. The summed E-state index contributed by atoms with van der Waals surface area (Å²) in [4.78, 5) is 9.36. The molecule has 1 aromatic carbocycles. The molecule has 1 N–H and O–H groups in total. The van der Waals surface area contributed by atoms with Crippen LogP contribution in [0.5, 0.6) is 5.75 Å². The first-order valence-corrected chi connectivity index (χ1v) is 12.1. The van der Waals surface area contributed by atoms with Gasteiger partial charge in [0.1, 0.15) is 5.75 Å². The van der Waals surface area contributed by atoms with Gasteiger partial charge in [0.25, 0.3) is 0 Å². The fraction of sp³-hybridized carbons (Fsp3) is 0.650. The molecular formula is C20H35N5O3S. The number of piperazine rings is 1. The molecule has 8 nitrogen and oxygen atoms in total. The van der Waals surface area contributed by atoms with E-state index in [1.54, 1.807) is 7.11 Å². The molecule has 9 heteroatoms. The van der Waals surface area contributed by atoms with Crippen molar-refractivity contribution >= 4 is 21.7 Å². The summed E-state index contributed by atoms with van der Waals surface area (Å²) < 4.78 is 30.1. The second-order valence-corrected chi connectivity index (χ2v) is 9.00. The minimum Gasteiger partial charge on any atom is -0.497 e. The van der Waals surface area contributed by atoms with Crippen molar-refractivity contribution in [2.75, 3.05) is 70.6 Å². The first-order valence-electron chi connectivity index (χ1n) is 10.3. The maximum absolute atomic E-state index is 11.7. The third kappa shape index (κ3) is 7.08. The lowest BCUT2D eigenvalue weighted by Gasteiger charge is -2.37. The Balaban J connectivity index is 1.88. The standard InChI is InChI=1S/C20H35N5O3S/c1-5-21-20(22-12-7-13-25(6-2)29(4,26)27)24-16-14-23(15-17-24)18-8-10-19(28-3)11-9-18/h8-11H,5-7,12-17H2,1-4H3,(H,21,22). The fourth-order valence-corrected chi connectivity index (χ4v) is 4.32. The number of aliphatic imine (C=N–C) groups is 1. The van der Waals surface area contributed by atoms with Crippen LogP contribution in [0, 0.1) is 0 Å². The predicted octanol–water partition coefficient (Wildman–Crippen LogP) is 1.45. The normalized spacial score (nSPS) is 15.7. The largest absolute Gasteiger partial charge is 0.497 e. The van der Waals surface area contributed by atoms with Crippen LogP contribution in [0.3, 0.4) is 0 Å². The summed E-state index contributed by atoms with van der Waals surface area (Å²) in [5, 5.41) is 3.36. The second-order valence-electron chi connectivity index (χ2n) is 7.02. The van der Waals surface area contributed by atoms with Crippen molar-refractivity contribution in [3.8, 4) is 5.75 Å². The Morgan fingerprint density at radius 2 is 1.83 bits per heavy atom. The fourth-order valence-electron chi connectivity index (χ4n) is 3.39. The molecule has 0 atom stereocenters. The van der Waals surface area contributed by atoms with Gasteiger partial charge in [-0.15, -0.1) is 0 Å². The molecule has 0 amide bonds. The van der Waals surface area contributed by atoms with E-state index in [0.717, 1.165) is 44.4 Å². The zero-order valence-electron chi connectivity index (χ0n) is 18.1. The third-order valence-electron chi connectivity index (χ3n) is 5.00. The van der Waals surface area contributed by atoms with E-state index >= 15 is 0 Å². The van der Waals surface area contributed by atoms with Gasteiger partial charge in [-0.1, -0.05) is 6.92 Å². The van der Waals surface area contributed by atoms with E-state index in [2.05, 4.69) is 34.2 Å². The number of hydrogen-bond donors (Lipinski definition) is 1. The minimum atomic E-state index is -3.14. The highest BCUT2D eigenvalue weighted by molar-refractivity contribution is 7.88. The number of guanidine groups is 1. The molecule has 1 saturated heterocycles. The first-order chi connectivity index (χ1) is 13.9. The quantitative estimate of drug-likeness (QED) is 0.367. The Hall–Kier alpha value is -2.00. The number of sulfonamides is 1. The summed E-state index contributed by atoms with van der Waals surface area (Å²) in [6, 6.07) is 8.16. The zero-order valence-corrected chi connectivity index (χ0v) is 18.9. The number of ether oxygens (including phenoxy) is 1. The van der Waals surface area contributed by atoms with Crippen LogP contribution in [0.1, 0.15) is 20.3 Å². The molecule has 0 spiro atoms. The average molecular weight is 426 g/mol. The average Bonchev–Trinajstić information content (AvgIpc) is 2.72. The molecule has 1 fully saturated rings. The monoisotopic (exact) mass is 425 g/mol. The number of nitrogens with zero attached hydrogens (tertiary/aromatic N) is 4. The highest BCUT2D eigenvalue weighted by Gasteiger charge is 2.20. The SMILES string of the molecule is CCNC(=NCCCN(CC)S(C)(=O)=O)N1CCN(c2ccc(OC)cc2)CC1. The van der Waals surface area contributed by atoms with Crippen LogP contribution < -0.4 is 15.0 Å². The molecule has 0 unspecified atom stereocenters. The first kappa shape index (κ1) is 23.3. The van der Waals surface area contributed by atoms with Crippen LogP contribution in [-0.4, -0.2) is 89.3 Å². The Morgan fingerprint density at radius 1 is 1.17 bits per heavy atom. The summed E-state index contributed by atoms with van der Waals surface area (Å²) >= 11 is 0. The Morgan fingerprint density at radius 3 is 2.34 bits per heavy atom. The van der Waals surface area contributed by atoms with Gasteiger partial charge in [0, 0.05) is 58.0 Å². The van der Waals surface area contributed by atoms with Crippen molar-refractivity contribution < 1.29 is 13.2 Å². The molecule has 1 aromatic rings. The van der Waals surface area contributed by atoms with Crippen molar-refractivity contribution in [1.29, 1.82) is 0 Å². The number of anilines is 1. The van der Waals surface area contributed by atoms with Crippen molar-refractivity contribution in [1.82, 2.24) is 14.5 Å². The molecule has 164 valence electrons. The predicted molar refractivity (Wildman–Crippen MR) is 119 cm³/mol. The second kappa shape index (κ2) is 11.3. The molecule has 1 aliphatic heterocycles. The lowest BCUT2D eigenvalue weighted by atomic mass is 10.2. The van der Waals surface area contributed by atoms with Gasteiger partial charge in [0.05, 0.1) is 13.4 Å². The van der Waals surface area contributed by atoms with Crippen LogP contribution in [-0.2, 0) is 10.0 Å². The molecule has 1 heterocycles. The van der Waals surface area contributed by atoms with E-state index in [4.69, 9.17) is 9.73 Å². The Bertz CT molecular complexity index is 744. The number of benzene rings is 1. The van der Waals surface area contributed by atoms with Crippen molar-refractivity contribution in [2.45, 2.75) is 20.3 Å². The Labute approximate surface area is 175 Å². The summed E-state index contributed by atoms with van der Waals surface area (Å²) in [6.07, 6.45) is 1.97. The molecule has 29 heavy (non-hydrogen) atoms. The topological polar surface area (TPSA) is 77.5 Å². The number of hydrogen-bond acceptors (Lipinski definition) is 5. The van der Waals surface area contributed by atoms with Crippen LogP contribution in [0.25, 0.3) is 0 Å². The number of nitrogens with one attached hydrogen (secondary N) is 1. The van der Waals surface area contributed by atoms with E-state index in [9.17, 15) is 8.42 Å². The van der Waals surface area contributed by atoms with Crippen LogP contribution in [0.2, 0.25) is 0 Å². The van der Waals surface area contributed by atoms with Crippen molar-refractivity contribution in [2.24, 2.45) is 4.99 Å². The van der Waals surface area contributed by atoms with E-state index in [0.29, 0.717) is 26.1 Å². The van der Waals surface area contributed by atoms with Gasteiger partial charge in [-0.05, 0) is 37.6 Å². The van der Waals surface area contributed by atoms with Crippen LogP contribution >= 0.6 is 0 Å². The van der Waals surface area contributed by atoms with Gasteiger partial charge < -0.3 is 19.9 Å². The van der Waals surface area contributed by atoms with Crippen LogP contribution in [0.4, 0.5) is 5.69 Å². The van der Waals surface area contributed by atoms with Gasteiger partial charge in [-0.25, -0.2) is 12.7 Å². The Kier molecular flexibility index (Phi) is 9.03. The zero-order chi connectivity index (χ0) is 21.3. The highest BCUT2D eigenvalue weighted by Crippen LogP contribution is 2.20. The summed E-state index contributed by atoms with van der Waals surface area (Å²) in [6.45, 7) is 9.96. The summed E-state index contributed by atoms with van der Waals surface area (Å²) in [5.41, 5.74) is 1.20. The number of methoxy groups -OCH3 is 1. The molecule has 1 aliphatic rings. The minimum absolute atomic E-state index is 0.496. The highest BCUT2D eigenvalue weighted by atomic mass is 32.2. The van der Waals surface area contributed by atoms with Gasteiger partial charge in [-0.3, -0.25) is 4.99 Å². The van der Waals surface area contributed by atoms with Crippen molar-refractivity contribution in [3.05, 3.63) is 24.3 Å².